The van der Waals surface area contributed by atoms with Crippen LogP contribution in [0.5, 0.6) is 0 Å². The molecule has 0 fully saturated rings. The monoisotopic (exact) mass is 400 g/mol. The lowest BCUT2D eigenvalue weighted by molar-refractivity contribution is -0.119. The van der Waals surface area contributed by atoms with E-state index in [1.54, 1.807) is 24.1 Å². The third-order valence-electron chi connectivity index (χ3n) is 3.69. The van der Waals surface area contributed by atoms with Crippen LogP contribution >= 0.6 is 11.8 Å². The molecule has 0 unspecified atom stereocenters. The molecule has 148 valence electrons. The van der Waals surface area contributed by atoms with Gasteiger partial charge in [-0.25, -0.2) is 0 Å². The molecule has 2 aromatic carbocycles. The summed E-state index contributed by atoms with van der Waals surface area (Å²) >= 11 is 1.26. The van der Waals surface area contributed by atoms with Crippen LogP contribution in [0.2, 0.25) is 0 Å². The summed E-state index contributed by atoms with van der Waals surface area (Å²) in [6.07, 6.45) is 0. The van der Waals surface area contributed by atoms with Crippen molar-refractivity contribution in [3.8, 4) is 0 Å². The highest BCUT2D eigenvalue weighted by Gasteiger charge is 2.13. The second-order valence-electron chi connectivity index (χ2n) is 6.39. The molecule has 0 heterocycles. The minimum Gasteiger partial charge on any atom is -0.369 e. The highest BCUT2D eigenvalue weighted by molar-refractivity contribution is 8.00. The average molecular weight is 401 g/mol. The molecular formula is C20H24N4O3S. The zero-order valence-corrected chi connectivity index (χ0v) is 16.7. The Kier molecular flexibility index (Phi) is 8.03. The third-order valence-corrected chi connectivity index (χ3v) is 4.79. The van der Waals surface area contributed by atoms with Gasteiger partial charge in [0.05, 0.1) is 24.5 Å². The molecule has 0 spiro atoms. The number of hydrogen-bond donors (Lipinski definition) is 3. The molecule has 4 N–H and O–H groups in total. The van der Waals surface area contributed by atoms with Crippen LogP contribution in [0, 0.1) is 6.92 Å². The second-order valence-corrected chi connectivity index (χ2v) is 7.40. The van der Waals surface area contributed by atoms with E-state index in [0.29, 0.717) is 11.4 Å². The van der Waals surface area contributed by atoms with Gasteiger partial charge in [0.15, 0.2) is 0 Å². The van der Waals surface area contributed by atoms with Crippen molar-refractivity contribution in [1.29, 1.82) is 0 Å². The van der Waals surface area contributed by atoms with Gasteiger partial charge in [-0.15, -0.1) is 11.8 Å². The fourth-order valence-corrected chi connectivity index (χ4v) is 3.17. The van der Waals surface area contributed by atoms with E-state index in [0.717, 1.165) is 10.5 Å². The molecule has 28 heavy (non-hydrogen) atoms. The maximum absolute atomic E-state index is 12.3. The first-order valence-corrected chi connectivity index (χ1v) is 9.67. The van der Waals surface area contributed by atoms with Crippen LogP contribution in [0.1, 0.15) is 5.56 Å². The fourth-order valence-electron chi connectivity index (χ4n) is 2.42. The van der Waals surface area contributed by atoms with Crippen LogP contribution in [-0.2, 0) is 14.4 Å². The van der Waals surface area contributed by atoms with Crippen LogP contribution < -0.4 is 16.4 Å². The Morgan fingerprint density at radius 3 is 2.21 bits per heavy atom. The standard InChI is InChI=1S/C20H24N4O3S/c1-14-7-9-15(10-8-14)22-19(26)11-24(2)12-20(27)23-16-5-3-4-6-17(16)28-13-18(21)25/h3-10H,11-13H2,1-2H3,(H2,21,25)(H,22,26)(H,23,27). The Morgan fingerprint density at radius 1 is 0.964 bits per heavy atom. The summed E-state index contributed by atoms with van der Waals surface area (Å²) in [5.41, 5.74) is 7.61. The summed E-state index contributed by atoms with van der Waals surface area (Å²) in [6.45, 7) is 2.11. The molecule has 0 aliphatic rings. The molecule has 0 atom stereocenters. The number of thioether (sulfide) groups is 1. The average Bonchev–Trinajstić information content (AvgIpc) is 2.62. The van der Waals surface area contributed by atoms with Gasteiger partial charge in [0, 0.05) is 10.6 Å². The third kappa shape index (κ3) is 7.42. The second kappa shape index (κ2) is 10.5. The molecule has 3 amide bonds. The lowest BCUT2D eigenvalue weighted by Gasteiger charge is -2.17. The molecule has 7 nitrogen and oxygen atoms in total. The van der Waals surface area contributed by atoms with E-state index in [9.17, 15) is 14.4 Å². The van der Waals surface area contributed by atoms with Gasteiger partial charge in [0.2, 0.25) is 17.7 Å². The van der Waals surface area contributed by atoms with E-state index in [2.05, 4.69) is 10.6 Å². The molecule has 2 rings (SSSR count). The smallest absolute Gasteiger partial charge is 0.238 e. The fraction of sp³-hybridized carbons (Fsp3) is 0.250. The van der Waals surface area contributed by atoms with E-state index in [-0.39, 0.29) is 30.7 Å². The summed E-state index contributed by atoms with van der Waals surface area (Å²) in [4.78, 5) is 37.8. The maximum atomic E-state index is 12.3. The van der Waals surface area contributed by atoms with Crippen molar-refractivity contribution in [1.82, 2.24) is 4.90 Å². The maximum Gasteiger partial charge on any atom is 0.238 e. The largest absolute Gasteiger partial charge is 0.369 e. The number of hydrogen-bond acceptors (Lipinski definition) is 5. The van der Waals surface area contributed by atoms with E-state index in [1.807, 2.05) is 43.3 Å². The van der Waals surface area contributed by atoms with Crippen LogP contribution in [0.3, 0.4) is 0 Å². The summed E-state index contributed by atoms with van der Waals surface area (Å²) in [6, 6.07) is 14.7. The van der Waals surface area contributed by atoms with Crippen molar-refractivity contribution in [3.05, 3.63) is 54.1 Å². The van der Waals surface area contributed by atoms with Gasteiger partial charge in [-0.3, -0.25) is 19.3 Å². The van der Waals surface area contributed by atoms with Gasteiger partial charge in [-0.05, 0) is 38.2 Å². The van der Waals surface area contributed by atoms with Gasteiger partial charge in [0.1, 0.15) is 0 Å². The highest BCUT2D eigenvalue weighted by Crippen LogP contribution is 2.26. The number of benzene rings is 2. The van der Waals surface area contributed by atoms with E-state index >= 15 is 0 Å². The highest BCUT2D eigenvalue weighted by atomic mass is 32.2. The van der Waals surface area contributed by atoms with E-state index < -0.39 is 5.91 Å². The lowest BCUT2D eigenvalue weighted by Crippen LogP contribution is -2.36. The number of carbonyl (C=O) groups excluding carboxylic acids is 3. The number of nitrogens with zero attached hydrogens (tertiary/aromatic N) is 1. The van der Waals surface area contributed by atoms with Gasteiger partial charge < -0.3 is 16.4 Å². The number of amides is 3. The van der Waals surface area contributed by atoms with Gasteiger partial charge in [0.25, 0.3) is 0 Å². The zero-order valence-electron chi connectivity index (χ0n) is 15.9. The number of primary amides is 1. The van der Waals surface area contributed by atoms with Crippen molar-refractivity contribution in [3.63, 3.8) is 0 Å². The summed E-state index contributed by atoms with van der Waals surface area (Å²) < 4.78 is 0. The van der Waals surface area contributed by atoms with E-state index in [1.165, 1.54) is 11.8 Å². The van der Waals surface area contributed by atoms with Crippen LogP contribution in [0.15, 0.2) is 53.4 Å². The van der Waals surface area contributed by atoms with Gasteiger partial charge in [-0.1, -0.05) is 29.8 Å². The van der Waals surface area contributed by atoms with Gasteiger partial charge >= 0.3 is 0 Å². The van der Waals surface area contributed by atoms with Crippen molar-refractivity contribution >= 4 is 40.9 Å². The Labute approximate surface area is 168 Å². The molecule has 0 saturated carbocycles. The predicted molar refractivity (Wildman–Crippen MR) is 112 cm³/mol. The van der Waals surface area contributed by atoms with Gasteiger partial charge in [-0.2, -0.15) is 0 Å². The van der Waals surface area contributed by atoms with Crippen LogP contribution in [0.25, 0.3) is 0 Å². The summed E-state index contributed by atoms with van der Waals surface area (Å²) in [5.74, 6) is -0.744. The number of aryl methyl sites for hydroxylation is 1. The molecule has 8 heteroatoms. The van der Waals surface area contributed by atoms with Crippen molar-refractivity contribution in [2.24, 2.45) is 5.73 Å². The molecule has 0 radical (unpaired) electrons. The summed E-state index contributed by atoms with van der Waals surface area (Å²) in [7, 11) is 1.70. The Balaban J connectivity index is 1.84. The number of nitrogens with one attached hydrogen (secondary N) is 2. The number of nitrogens with two attached hydrogens (primary N) is 1. The number of anilines is 2. The normalized spacial score (nSPS) is 10.5. The lowest BCUT2D eigenvalue weighted by atomic mass is 10.2. The van der Waals surface area contributed by atoms with E-state index in [4.69, 9.17) is 5.73 Å². The topological polar surface area (TPSA) is 105 Å². The first-order valence-electron chi connectivity index (χ1n) is 8.68. The number of likely N-dealkylation sites (N-methyl/N-ethyl adjacent to an activating group) is 1. The SMILES string of the molecule is Cc1ccc(NC(=O)CN(C)CC(=O)Nc2ccccc2SCC(N)=O)cc1. The first-order chi connectivity index (χ1) is 13.3. The Bertz CT molecular complexity index is 840. The number of carbonyl (C=O) groups is 3. The molecule has 0 bridgehead atoms. The summed E-state index contributed by atoms with van der Waals surface area (Å²) in [5, 5.41) is 5.61. The van der Waals surface area contributed by atoms with Crippen LogP contribution in [0.4, 0.5) is 11.4 Å². The minimum absolute atomic E-state index is 0.0517. The number of para-hydroxylation sites is 1. The van der Waals surface area contributed by atoms with Crippen molar-refractivity contribution < 1.29 is 14.4 Å². The zero-order chi connectivity index (χ0) is 20.5. The number of rotatable bonds is 9. The molecule has 0 saturated heterocycles. The predicted octanol–water partition coefficient (Wildman–Crippen LogP) is 2.08. The van der Waals surface area contributed by atoms with Crippen molar-refractivity contribution in [2.45, 2.75) is 11.8 Å². The van der Waals surface area contributed by atoms with Crippen molar-refractivity contribution in [2.75, 3.05) is 36.5 Å². The molecule has 0 aliphatic heterocycles. The molecular weight excluding hydrogens is 376 g/mol. The van der Waals surface area contributed by atoms with Crippen LogP contribution in [-0.4, -0.2) is 48.5 Å². The molecule has 2 aromatic rings. The minimum atomic E-state index is -0.426. The quantitative estimate of drug-likeness (QED) is 0.559. The molecule has 0 aliphatic carbocycles. The Hall–Kier alpha value is -2.84. The Morgan fingerprint density at radius 2 is 1.57 bits per heavy atom. The molecule has 0 aromatic heterocycles. The first kappa shape index (κ1) is 21.5.